The third kappa shape index (κ3) is 2.54. The fourth-order valence-electron chi connectivity index (χ4n) is 0.965. The van der Waals surface area contributed by atoms with E-state index in [4.69, 9.17) is 27.3 Å². The van der Waals surface area contributed by atoms with Gasteiger partial charge in [-0.05, 0) is 18.6 Å². The summed E-state index contributed by atoms with van der Waals surface area (Å²) in [7, 11) is 0. The number of benzene rings is 1. The summed E-state index contributed by atoms with van der Waals surface area (Å²) in [6.07, 6.45) is 0.137. The number of rotatable bonds is 3. The lowest BCUT2D eigenvalue weighted by Crippen LogP contribution is -2.13. The second-order valence-electron chi connectivity index (χ2n) is 2.83. The van der Waals surface area contributed by atoms with E-state index in [1.54, 1.807) is 18.2 Å². The maximum Gasteiger partial charge on any atom is 0.184 e. The van der Waals surface area contributed by atoms with Gasteiger partial charge in [0.25, 0.3) is 0 Å². The van der Waals surface area contributed by atoms with Crippen molar-refractivity contribution in [2.75, 3.05) is 5.73 Å². The molecule has 1 rings (SSSR count). The van der Waals surface area contributed by atoms with Crippen LogP contribution >= 0.6 is 11.6 Å². The van der Waals surface area contributed by atoms with Gasteiger partial charge in [0.2, 0.25) is 0 Å². The predicted molar refractivity (Wildman–Crippen MR) is 56.2 cm³/mol. The summed E-state index contributed by atoms with van der Waals surface area (Å²) in [5.74, 6) is 0.464. The lowest BCUT2D eigenvalue weighted by molar-refractivity contribution is 0.253. The summed E-state index contributed by atoms with van der Waals surface area (Å²) in [6.45, 7) is 1.87. The van der Waals surface area contributed by atoms with E-state index >= 15 is 0 Å². The quantitative estimate of drug-likeness (QED) is 0.781. The molecule has 1 unspecified atom stereocenters. The van der Waals surface area contributed by atoms with Crippen LogP contribution in [0, 0.1) is 11.3 Å². The van der Waals surface area contributed by atoms with Crippen LogP contribution in [-0.4, -0.2) is 6.10 Å². The van der Waals surface area contributed by atoms with Crippen LogP contribution in [-0.2, 0) is 0 Å². The van der Waals surface area contributed by atoms with Gasteiger partial charge in [0, 0.05) is 11.1 Å². The molecule has 0 aliphatic rings. The topological polar surface area (TPSA) is 59.0 Å². The van der Waals surface area contributed by atoms with Crippen molar-refractivity contribution in [3.05, 3.63) is 23.2 Å². The molecule has 0 saturated heterocycles. The van der Waals surface area contributed by atoms with Gasteiger partial charge in [-0.1, -0.05) is 18.5 Å². The Labute approximate surface area is 88.0 Å². The monoisotopic (exact) mass is 210 g/mol. The van der Waals surface area contributed by atoms with Crippen LogP contribution in [0.2, 0.25) is 5.02 Å². The lowest BCUT2D eigenvalue weighted by Gasteiger charge is -2.12. The van der Waals surface area contributed by atoms with Crippen molar-refractivity contribution in [2.45, 2.75) is 19.4 Å². The van der Waals surface area contributed by atoms with Gasteiger partial charge in [0.05, 0.1) is 5.69 Å². The molecule has 2 N–H and O–H groups in total. The number of halogens is 1. The summed E-state index contributed by atoms with van der Waals surface area (Å²) in [6, 6.07) is 6.97. The zero-order valence-electron chi connectivity index (χ0n) is 7.83. The Kier molecular flexibility index (Phi) is 3.61. The average Bonchev–Trinajstić information content (AvgIpc) is 2.19. The van der Waals surface area contributed by atoms with E-state index < -0.39 is 6.10 Å². The number of nitriles is 1. The van der Waals surface area contributed by atoms with Gasteiger partial charge in [0.15, 0.2) is 6.10 Å². The molecule has 3 nitrogen and oxygen atoms in total. The van der Waals surface area contributed by atoms with Crippen molar-refractivity contribution in [2.24, 2.45) is 0 Å². The van der Waals surface area contributed by atoms with E-state index in [9.17, 15) is 0 Å². The Hall–Kier alpha value is -1.40. The first-order valence-corrected chi connectivity index (χ1v) is 4.66. The maximum absolute atomic E-state index is 8.70. The summed E-state index contributed by atoms with van der Waals surface area (Å²) in [4.78, 5) is 0. The van der Waals surface area contributed by atoms with Crippen molar-refractivity contribution in [3.8, 4) is 11.8 Å². The van der Waals surface area contributed by atoms with Gasteiger partial charge >= 0.3 is 0 Å². The third-order valence-electron chi connectivity index (χ3n) is 1.76. The molecular formula is C10H11ClN2O. The fourth-order valence-corrected chi connectivity index (χ4v) is 1.13. The van der Waals surface area contributed by atoms with Gasteiger partial charge < -0.3 is 10.5 Å². The normalized spacial score (nSPS) is 11.8. The second-order valence-corrected chi connectivity index (χ2v) is 3.26. The summed E-state index contributed by atoms with van der Waals surface area (Å²) >= 11 is 5.77. The van der Waals surface area contributed by atoms with Gasteiger partial charge in [-0.3, -0.25) is 0 Å². The van der Waals surface area contributed by atoms with E-state index in [2.05, 4.69) is 0 Å². The number of ether oxygens (including phenoxy) is 1. The molecule has 1 aromatic carbocycles. The predicted octanol–water partition coefficient (Wildman–Crippen LogP) is 2.60. The molecule has 0 aromatic heterocycles. The Balaban J connectivity index is 2.86. The molecule has 0 spiro atoms. The molecule has 0 heterocycles. The van der Waals surface area contributed by atoms with Crippen LogP contribution in [0.25, 0.3) is 0 Å². The molecule has 74 valence electrons. The summed E-state index contributed by atoms with van der Waals surface area (Å²) in [5, 5.41) is 9.24. The zero-order chi connectivity index (χ0) is 10.6. The highest BCUT2D eigenvalue weighted by Gasteiger charge is 2.08. The van der Waals surface area contributed by atoms with Crippen molar-refractivity contribution in [3.63, 3.8) is 0 Å². The first kappa shape index (κ1) is 10.7. The number of nitrogens with zero attached hydrogens (tertiary/aromatic N) is 1. The SMILES string of the molecule is CCC(C#N)Oc1cc(Cl)ccc1N. The van der Waals surface area contributed by atoms with Gasteiger partial charge in [0.1, 0.15) is 11.8 Å². The van der Waals surface area contributed by atoms with Crippen molar-refractivity contribution in [1.29, 1.82) is 5.26 Å². The minimum atomic E-state index is -0.476. The standard InChI is InChI=1S/C10H11ClN2O/c1-2-8(6-12)14-10-5-7(11)3-4-9(10)13/h3-5,8H,2,13H2,1H3. The van der Waals surface area contributed by atoms with Crippen LogP contribution < -0.4 is 10.5 Å². The van der Waals surface area contributed by atoms with Gasteiger partial charge in [-0.25, -0.2) is 0 Å². The molecular weight excluding hydrogens is 200 g/mol. The molecule has 0 aliphatic heterocycles. The molecule has 0 fully saturated rings. The van der Waals surface area contributed by atoms with Gasteiger partial charge in [-0.15, -0.1) is 0 Å². The number of hydrogen-bond donors (Lipinski definition) is 1. The average molecular weight is 211 g/mol. The molecule has 0 amide bonds. The van der Waals surface area contributed by atoms with E-state index in [1.165, 1.54) is 0 Å². The van der Waals surface area contributed by atoms with Crippen LogP contribution in [0.15, 0.2) is 18.2 Å². The molecule has 1 atom stereocenters. The molecule has 4 heteroatoms. The van der Waals surface area contributed by atoms with Crippen molar-refractivity contribution < 1.29 is 4.74 Å². The Morgan fingerprint density at radius 2 is 2.36 bits per heavy atom. The Morgan fingerprint density at radius 3 is 2.93 bits per heavy atom. The molecule has 14 heavy (non-hydrogen) atoms. The lowest BCUT2D eigenvalue weighted by atomic mass is 10.2. The Morgan fingerprint density at radius 1 is 1.64 bits per heavy atom. The molecule has 0 aliphatic carbocycles. The minimum absolute atomic E-state index is 0.464. The van der Waals surface area contributed by atoms with Crippen LogP contribution in [0.5, 0.6) is 5.75 Å². The van der Waals surface area contributed by atoms with E-state index in [0.717, 1.165) is 0 Å². The zero-order valence-corrected chi connectivity index (χ0v) is 8.58. The first-order chi connectivity index (χ1) is 6.67. The van der Waals surface area contributed by atoms with Crippen LogP contribution in [0.4, 0.5) is 5.69 Å². The molecule has 0 saturated carbocycles. The smallest absolute Gasteiger partial charge is 0.184 e. The third-order valence-corrected chi connectivity index (χ3v) is 1.99. The molecule has 1 aromatic rings. The largest absolute Gasteiger partial charge is 0.473 e. The number of anilines is 1. The highest BCUT2D eigenvalue weighted by molar-refractivity contribution is 6.30. The molecule has 0 radical (unpaired) electrons. The summed E-state index contributed by atoms with van der Waals surface area (Å²) in [5.41, 5.74) is 6.14. The number of nitrogen functional groups attached to an aromatic ring is 1. The first-order valence-electron chi connectivity index (χ1n) is 4.28. The van der Waals surface area contributed by atoms with Crippen molar-refractivity contribution >= 4 is 17.3 Å². The number of nitrogens with two attached hydrogens (primary N) is 1. The highest BCUT2D eigenvalue weighted by Crippen LogP contribution is 2.26. The van der Waals surface area contributed by atoms with Gasteiger partial charge in [-0.2, -0.15) is 5.26 Å². The maximum atomic E-state index is 8.70. The van der Waals surface area contributed by atoms with Crippen molar-refractivity contribution in [1.82, 2.24) is 0 Å². The van der Waals surface area contributed by atoms with E-state index in [-0.39, 0.29) is 0 Å². The van der Waals surface area contributed by atoms with E-state index in [0.29, 0.717) is 22.9 Å². The second kappa shape index (κ2) is 4.73. The highest BCUT2D eigenvalue weighted by atomic mass is 35.5. The Bertz CT molecular complexity index is 360. The fraction of sp³-hybridized carbons (Fsp3) is 0.300. The van der Waals surface area contributed by atoms with E-state index in [1.807, 2.05) is 13.0 Å². The van der Waals surface area contributed by atoms with Crippen LogP contribution in [0.3, 0.4) is 0 Å². The minimum Gasteiger partial charge on any atom is -0.473 e. The summed E-state index contributed by atoms with van der Waals surface area (Å²) < 4.78 is 5.35. The van der Waals surface area contributed by atoms with Crippen LogP contribution in [0.1, 0.15) is 13.3 Å². The number of hydrogen-bond acceptors (Lipinski definition) is 3. The molecule has 0 bridgehead atoms.